The first kappa shape index (κ1) is 13.6. The van der Waals surface area contributed by atoms with Gasteiger partial charge in [-0.05, 0) is 24.3 Å². The Kier molecular flexibility index (Phi) is 3.17. The number of anilines is 1. The number of halogens is 3. The van der Waals surface area contributed by atoms with Gasteiger partial charge in [0, 0.05) is 23.5 Å². The number of carbonyl (C=O) groups is 1. The van der Waals surface area contributed by atoms with E-state index in [2.05, 4.69) is 10.3 Å². The van der Waals surface area contributed by atoms with Crippen molar-refractivity contribution in [1.82, 2.24) is 9.38 Å². The number of carbonyl (C=O) groups excluding carboxylic acids is 1. The van der Waals surface area contributed by atoms with Crippen LogP contribution < -0.4 is 5.32 Å². The molecule has 1 N–H and O–H groups in total. The van der Waals surface area contributed by atoms with Crippen molar-refractivity contribution in [1.29, 1.82) is 0 Å². The molecular formula is C13H8F3N3OS. The number of thiazole rings is 1. The van der Waals surface area contributed by atoms with Crippen LogP contribution >= 0.6 is 11.3 Å². The minimum Gasteiger partial charge on any atom is -0.321 e. The lowest BCUT2D eigenvalue weighted by Crippen LogP contribution is -2.14. The van der Waals surface area contributed by atoms with Crippen molar-refractivity contribution in [2.24, 2.45) is 0 Å². The molecule has 0 aliphatic rings. The Balaban J connectivity index is 1.80. The molecule has 108 valence electrons. The second-order valence-electron chi connectivity index (χ2n) is 4.23. The van der Waals surface area contributed by atoms with E-state index < -0.39 is 17.6 Å². The number of hydrogen-bond acceptors (Lipinski definition) is 3. The molecule has 0 aliphatic carbocycles. The second-order valence-corrected chi connectivity index (χ2v) is 5.07. The molecular weight excluding hydrogens is 303 g/mol. The quantitative estimate of drug-likeness (QED) is 0.785. The van der Waals surface area contributed by atoms with Crippen LogP contribution in [0.2, 0.25) is 0 Å². The molecule has 0 spiro atoms. The average Bonchev–Trinajstić information content (AvgIpc) is 3.00. The van der Waals surface area contributed by atoms with Gasteiger partial charge in [0.05, 0.1) is 5.56 Å². The molecule has 0 radical (unpaired) electrons. The van der Waals surface area contributed by atoms with Gasteiger partial charge in [-0.15, -0.1) is 11.3 Å². The van der Waals surface area contributed by atoms with Gasteiger partial charge in [-0.1, -0.05) is 0 Å². The average molecular weight is 311 g/mol. The van der Waals surface area contributed by atoms with Crippen molar-refractivity contribution in [3.05, 3.63) is 53.3 Å². The maximum absolute atomic E-state index is 12.4. The normalized spacial score (nSPS) is 11.8. The van der Waals surface area contributed by atoms with E-state index >= 15 is 0 Å². The lowest BCUT2D eigenvalue weighted by Gasteiger charge is -2.08. The van der Waals surface area contributed by atoms with Crippen molar-refractivity contribution < 1.29 is 18.0 Å². The lowest BCUT2D eigenvalue weighted by atomic mass is 10.2. The van der Waals surface area contributed by atoms with Gasteiger partial charge in [0.25, 0.3) is 5.91 Å². The molecule has 0 unspecified atom stereocenters. The molecule has 2 aromatic heterocycles. The molecule has 4 nitrogen and oxygen atoms in total. The summed E-state index contributed by atoms with van der Waals surface area (Å²) in [7, 11) is 0. The third-order valence-electron chi connectivity index (χ3n) is 2.85. The Labute approximate surface area is 120 Å². The smallest absolute Gasteiger partial charge is 0.321 e. The Bertz CT molecular complexity index is 789. The van der Waals surface area contributed by atoms with Gasteiger partial charge in [-0.3, -0.25) is 9.20 Å². The maximum atomic E-state index is 12.4. The van der Waals surface area contributed by atoms with Gasteiger partial charge < -0.3 is 5.32 Å². The predicted molar refractivity (Wildman–Crippen MR) is 72.5 cm³/mol. The van der Waals surface area contributed by atoms with Crippen molar-refractivity contribution in [3.8, 4) is 0 Å². The fourth-order valence-corrected chi connectivity index (χ4v) is 2.66. The van der Waals surface area contributed by atoms with E-state index in [0.717, 1.165) is 12.1 Å². The van der Waals surface area contributed by atoms with Crippen molar-refractivity contribution in [2.45, 2.75) is 6.18 Å². The molecule has 0 saturated carbocycles. The Morgan fingerprint density at radius 2 is 1.95 bits per heavy atom. The highest BCUT2D eigenvalue weighted by molar-refractivity contribution is 7.15. The van der Waals surface area contributed by atoms with Gasteiger partial charge in [0.1, 0.15) is 5.69 Å². The monoisotopic (exact) mass is 311 g/mol. The first-order valence-corrected chi connectivity index (χ1v) is 6.72. The molecule has 3 aromatic rings. The lowest BCUT2D eigenvalue weighted by molar-refractivity contribution is -0.137. The fraction of sp³-hybridized carbons (Fsp3) is 0.0769. The highest BCUT2D eigenvalue weighted by atomic mass is 32.1. The summed E-state index contributed by atoms with van der Waals surface area (Å²) in [6.45, 7) is 0. The van der Waals surface area contributed by atoms with Crippen LogP contribution in [-0.2, 0) is 6.18 Å². The summed E-state index contributed by atoms with van der Waals surface area (Å²) < 4.78 is 39.0. The molecule has 0 saturated heterocycles. The number of benzene rings is 1. The van der Waals surface area contributed by atoms with Crippen molar-refractivity contribution in [3.63, 3.8) is 0 Å². The van der Waals surface area contributed by atoms with Crippen LogP contribution in [0, 0.1) is 0 Å². The van der Waals surface area contributed by atoms with Gasteiger partial charge in [0.15, 0.2) is 4.96 Å². The molecule has 2 heterocycles. The van der Waals surface area contributed by atoms with E-state index in [1.54, 1.807) is 22.2 Å². The van der Waals surface area contributed by atoms with E-state index in [0.29, 0.717) is 16.3 Å². The molecule has 8 heteroatoms. The van der Waals surface area contributed by atoms with E-state index in [1.807, 2.05) is 0 Å². The number of rotatable bonds is 2. The highest BCUT2D eigenvalue weighted by Crippen LogP contribution is 2.29. The molecule has 21 heavy (non-hydrogen) atoms. The summed E-state index contributed by atoms with van der Waals surface area (Å²) in [5.41, 5.74) is -0.0760. The van der Waals surface area contributed by atoms with Crippen LogP contribution in [0.25, 0.3) is 4.96 Å². The highest BCUT2D eigenvalue weighted by Gasteiger charge is 2.30. The SMILES string of the molecule is O=C(Nc1ccc(C(F)(F)F)cc1)c1csc2nccn12. The number of fused-ring (bicyclic) bond motifs is 1. The molecule has 0 atom stereocenters. The molecule has 1 aromatic carbocycles. The van der Waals surface area contributed by atoms with Crippen LogP contribution in [0.4, 0.5) is 18.9 Å². The van der Waals surface area contributed by atoms with Crippen molar-refractivity contribution >= 4 is 27.9 Å². The number of aromatic nitrogens is 2. The summed E-state index contributed by atoms with van der Waals surface area (Å²) in [5, 5.41) is 4.20. The topological polar surface area (TPSA) is 46.4 Å². The number of hydrogen-bond donors (Lipinski definition) is 1. The van der Waals surface area contributed by atoms with Crippen LogP contribution in [0.1, 0.15) is 16.1 Å². The molecule has 3 rings (SSSR count). The van der Waals surface area contributed by atoms with Crippen molar-refractivity contribution in [2.75, 3.05) is 5.32 Å². The minimum atomic E-state index is -4.39. The summed E-state index contributed by atoms with van der Waals surface area (Å²) in [5.74, 6) is -0.404. The van der Waals surface area contributed by atoms with Crippen LogP contribution in [0.15, 0.2) is 42.0 Å². The first-order chi connectivity index (χ1) is 9.95. The zero-order valence-corrected chi connectivity index (χ0v) is 11.2. The van der Waals surface area contributed by atoms with Crippen LogP contribution in [0.5, 0.6) is 0 Å². The van der Waals surface area contributed by atoms with E-state index in [-0.39, 0.29) is 0 Å². The summed E-state index contributed by atoms with van der Waals surface area (Å²) in [6.07, 6.45) is -1.17. The summed E-state index contributed by atoms with van der Waals surface area (Å²) in [6, 6.07) is 4.29. The Morgan fingerprint density at radius 1 is 1.24 bits per heavy atom. The standard InChI is InChI=1S/C13H8F3N3OS/c14-13(15,16)8-1-3-9(4-2-8)18-11(20)10-7-21-12-17-5-6-19(10)12/h1-7H,(H,18,20). The number of nitrogens with zero attached hydrogens (tertiary/aromatic N) is 2. The van der Waals surface area contributed by atoms with Gasteiger partial charge in [-0.25, -0.2) is 4.98 Å². The minimum absolute atomic E-state index is 0.299. The van der Waals surface area contributed by atoms with E-state index in [9.17, 15) is 18.0 Å². The zero-order valence-electron chi connectivity index (χ0n) is 10.4. The maximum Gasteiger partial charge on any atom is 0.416 e. The third kappa shape index (κ3) is 2.62. The Morgan fingerprint density at radius 3 is 2.62 bits per heavy atom. The van der Waals surface area contributed by atoms with E-state index in [4.69, 9.17) is 0 Å². The van der Waals surface area contributed by atoms with Gasteiger partial charge in [-0.2, -0.15) is 13.2 Å². The second kappa shape index (κ2) is 4.88. The molecule has 0 fully saturated rings. The summed E-state index contributed by atoms with van der Waals surface area (Å²) in [4.78, 5) is 16.8. The summed E-state index contributed by atoms with van der Waals surface area (Å²) >= 11 is 1.31. The Hall–Kier alpha value is -2.35. The van der Waals surface area contributed by atoms with E-state index in [1.165, 1.54) is 23.5 Å². The van der Waals surface area contributed by atoms with Crippen LogP contribution in [-0.4, -0.2) is 15.3 Å². The number of alkyl halides is 3. The van der Waals surface area contributed by atoms with Gasteiger partial charge >= 0.3 is 6.18 Å². The number of imidazole rings is 1. The fourth-order valence-electron chi connectivity index (χ4n) is 1.83. The molecule has 0 aliphatic heterocycles. The largest absolute Gasteiger partial charge is 0.416 e. The number of amides is 1. The predicted octanol–water partition coefficient (Wildman–Crippen LogP) is 3.67. The van der Waals surface area contributed by atoms with Crippen LogP contribution in [0.3, 0.4) is 0 Å². The molecule has 0 bridgehead atoms. The third-order valence-corrected chi connectivity index (χ3v) is 3.70. The van der Waals surface area contributed by atoms with Gasteiger partial charge in [0.2, 0.25) is 0 Å². The molecule has 1 amide bonds. The zero-order chi connectivity index (χ0) is 15.0. The number of nitrogens with one attached hydrogen (secondary N) is 1. The first-order valence-electron chi connectivity index (χ1n) is 5.84.